The SMILES string of the molecule is CCCCCCCCNC(=O)/C(C#N)=C/c1cn(-c2ccccc2)nc1-c1ccccc1. The van der Waals surface area contributed by atoms with Gasteiger partial charge in [0.05, 0.1) is 11.4 Å². The average Bonchev–Trinajstić information content (AvgIpc) is 3.27. The van der Waals surface area contributed by atoms with Crippen molar-refractivity contribution in [3.8, 4) is 23.0 Å². The van der Waals surface area contributed by atoms with E-state index in [1.165, 1.54) is 25.7 Å². The Hall–Kier alpha value is -3.65. The monoisotopic (exact) mass is 426 g/mol. The van der Waals surface area contributed by atoms with Gasteiger partial charge in [0.25, 0.3) is 5.91 Å². The average molecular weight is 427 g/mol. The predicted octanol–water partition coefficient (Wildman–Crippen LogP) is 5.92. The van der Waals surface area contributed by atoms with Crippen molar-refractivity contribution in [3.05, 3.63) is 78.0 Å². The van der Waals surface area contributed by atoms with Crippen molar-refractivity contribution in [2.75, 3.05) is 6.54 Å². The summed E-state index contributed by atoms with van der Waals surface area (Å²) >= 11 is 0. The molecule has 0 aliphatic carbocycles. The molecule has 0 aliphatic rings. The van der Waals surface area contributed by atoms with E-state index >= 15 is 0 Å². The molecule has 3 aromatic rings. The highest BCUT2D eigenvalue weighted by Gasteiger charge is 2.14. The van der Waals surface area contributed by atoms with Gasteiger partial charge in [0.15, 0.2) is 0 Å². The van der Waals surface area contributed by atoms with Gasteiger partial charge in [-0.05, 0) is 24.6 Å². The van der Waals surface area contributed by atoms with Gasteiger partial charge in [0.2, 0.25) is 0 Å². The quantitative estimate of drug-likeness (QED) is 0.235. The molecule has 0 saturated carbocycles. The van der Waals surface area contributed by atoms with Crippen LogP contribution in [0.5, 0.6) is 0 Å². The summed E-state index contributed by atoms with van der Waals surface area (Å²) in [6, 6.07) is 21.6. The summed E-state index contributed by atoms with van der Waals surface area (Å²) in [6.45, 7) is 2.78. The molecular formula is C27H30N4O. The fourth-order valence-corrected chi connectivity index (χ4v) is 3.53. The number of amides is 1. The van der Waals surface area contributed by atoms with Crippen molar-refractivity contribution in [1.82, 2.24) is 15.1 Å². The number of hydrogen-bond acceptors (Lipinski definition) is 3. The predicted molar refractivity (Wildman–Crippen MR) is 129 cm³/mol. The molecule has 1 aromatic heterocycles. The zero-order valence-electron chi connectivity index (χ0n) is 18.6. The molecule has 2 aromatic carbocycles. The van der Waals surface area contributed by atoms with Crippen LogP contribution in [-0.4, -0.2) is 22.2 Å². The molecule has 164 valence electrons. The Morgan fingerprint density at radius 2 is 1.66 bits per heavy atom. The number of hydrogen-bond donors (Lipinski definition) is 1. The fraction of sp³-hybridized carbons (Fsp3) is 0.296. The lowest BCUT2D eigenvalue weighted by Gasteiger charge is -2.04. The summed E-state index contributed by atoms with van der Waals surface area (Å²) in [6.07, 6.45) is 10.4. The molecule has 1 heterocycles. The number of nitrogens with one attached hydrogen (secondary N) is 1. The second kappa shape index (κ2) is 12.3. The first-order valence-electron chi connectivity index (χ1n) is 11.3. The Balaban J connectivity index is 1.78. The maximum atomic E-state index is 12.6. The van der Waals surface area contributed by atoms with Crippen LogP contribution in [0.3, 0.4) is 0 Å². The molecule has 0 saturated heterocycles. The van der Waals surface area contributed by atoms with Gasteiger partial charge in [-0.15, -0.1) is 0 Å². The fourth-order valence-electron chi connectivity index (χ4n) is 3.53. The zero-order valence-corrected chi connectivity index (χ0v) is 18.6. The van der Waals surface area contributed by atoms with E-state index in [2.05, 4.69) is 18.3 Å². The Labute approximate surface area is 190 Å². The van der Waals surface area contributed by atoms with Crippen LogP contribution in [0.25, 0.3) is 23.0 Å². The van der Waals surface area contributed by atoms with Crippen molar-refractivity contribution in [1.29, 1.82) is 5.26 Å². The number of nitrogens with zero attached hydrogens (tertiary/aromatic N) is 3. The third kappa shape index (κ3) is 6.42. The summed E-state index contributed by atoms with van der Waals surface area (Å²) in [5, 5.41) is 17.3. The largest absolute Gasteiger partial charge is 0.351 e. The number of aromatic nitrogens is 2. The van der Waals surface area contributed by atoms with Crippen LogP contribution < -0.4 is 5.32 Å². The minimum atomic E-state index is -0.340. The molecule has 0 unspecified atom stereocenters. The minimum Gasteiger partial charge on any atom is -0.351 e. The summed E-state index contributed by atoms with van der Waals surface area (Å²) < 4.78 is 1.78. The van der Waals surface area contributed by atoms with E-state index in [0.29, 0.717) is 6.54 Å². The molecule has 0 bridgehead atoms. The molecule has 32 heavy (non-hydrogen) atoms. The molecule has 0 atom stereocenters. The molecule has 5 heteroatoms. The Morgan fingerprint density at radius 1 is 1.00 bits per heavy atom. The van der Waals surface area contributed by atoms with Crippen LogP contribution in [0.4, 0.5) is 0 Å². The standard InChI is InChI=1S/C27H30N4O/c1-2-3-4-5-6-13-18-29-27(32)23(20-28)19-24-21-31(25-16-11-8-12-17-25)30-26(24)22-14-9-7-10-15-22/h7-12,14-17,19,21H,2-6,13,18H2,1H3,(H,29,32)/b23-19+. The van der Waals surface area contributed by atoms with E-state index in [1.807, 2.05) is 66.9 Å². The molecule has 1 N–H and O–H groups in total. The first-order valence-corrected chi connectivity index (χ1v) is 11.3. The summed E-state index contributed by atoms with van der Waals surface area (Å²) in [5.74, 6) is -0.340. The molecule has 3 rings (SSSR count). The van der Waals surface area contributed by atoms with Gasteiger partial charge < -0.3 is 5.32 Å². The minimum absolute atomic E-state index is 0.0841. The molecular weight excluding hydrogens is 396 g/mol. The summed E-state index contributed by atoms with van der Waals surface area (Å²) in [7, 11) is 0. The smallest absolute Gasteiger partial charge is 0.261 e. The number of para-hydroxylation sites is 1. The Bertz CT molecular complexity index is 1060. The van der Waals surface area contributed by atoms with Crippen LogP contribution in [0.15, 0.2) is 72.4 Å². The highest BCUT2D eigenvalue weighted by Crippen LogP contribution is 2.25. The van der Waals surface area contributed by atoms with Crippen molar-refractivity contribution < 1.29 is 4.79 Å². The molecule has 0 radical (unpaired) electrons. The first-order chi connectivity index (χ1) is 15.7. The molecule has 5 nitrogen and oxygen atoms in total. The molecule has 0 fully saturated rings. The van der Waals surface area contributed by atoms with Gasteiger partial charge >= 0.3 is 0 Å². The summed E-state index contributed by atoms with van der Waals surface area (Å²) in [4.78, 5) is 12.6. The molecule has 0 spiro atoms. The number of unbranched alkanes of at least 4 members (excludes halogenated alkanes) is 5. The van der Waals surface area contributed by atoms with Crippen molar-refractivity contribution >= 4 is 12.0 Å². The number of carbonyl (C=O) groups excluding carboxylic acids is 1. The van der Waals surface area contributed by atoms with E-state index in [-0.39, 0.29) is 11.5 Å². The lowest BCUT2D eigenvalue weighted by molar-refractivity contribution is -0.117. The van der Waals surface area contributed by atoms with Crippen molar-refractivity contribution in [2.24, 2.45) is 0 Å². The van der Waals surface area contributed by atoms with E-state index < -0.39 is 0 Å². The lowest BCUT2D eigenvalue weighted by atomic mass is 10.1. The van der Waals surface area contributed by atoms with Crippen LogP contribution in [0, 0.1) is 11.3 Å². The highest BCUT2D eigenvalue weighted by molar-refractivity contribution is 6.02. The maximum absolute atomic E-state index is 12.6. The maximum Gasteiger partial charge on any atom is 0.261 e. The van der Waals surface area contributed by atoms with Crippen LogP contribution in [-0.2, 0) is 4.79 Å². The third-order valence-corrected chi connectivity index (χ3v) is 5.29. The number of nitriles is 1. The second-order valence-electron chi connectivity index (χ2n) is 7.77. The highest BCUT2D eigenvalue weighted by atomic mass is 16.1. The van der Waals surface area contributed by atoms with Crippen LogP contribution in [0.1, 0.15) is 51.0 Å². The topological polar surface area (TPSA) is 70.7 Å². The van der Waals surface area contributed by atoms with Crippen LogP contribution >= 0.6 is 0 Å². The van der Waals surface area contributed by atoms with Gasteiger partial charge in [0, 0.05) is 23.9 Å². The normalized spacial score (nSPS) is 11.2. The van der Waals surface area contributed by atoms with Gasteiger partial charge in [-0.1, -0.05) is 87.6 Å². The van der Waals surface area contributed by atoms with E-state index in [1.54, 1.807) is 10.8 Å². The lowest BCUT2D eigenvalue weighted by Crippen LogP contribution is -2.25. The number of benzene rings is 2. The Kier molecular flexibility index (Phi) is 8.82. The van der Waals surface area contributed by atoms with Gasteiger partial charge in [-0.2, -0.15) is 10.4 Å². The van der Waals surface area contributed by atoms with Gasteiger partial charge in [-0.25, -0.2) is 4.68 Å². The zero-order chi connectivity index (χ0) is 22.6. The summed E-state index contributed by atoms with van der Waals surface area (Å²) in [5.41, 5.74) is 3.38. The van der Waals surface area contributed by atoms with Crippen LogP contribution in [0.2, 0.25) is 0 Å². The van der Waals surface area contributed by atoms with Crippen molar-refractivity contribution in [3.63, 3.8) is 0 Å². The van der Waals surface area contributed by atoms with E-state index in [9.17, 15) is 10.1 Å². The third-order valence-electron chi connectivity index (χ3n) is 5.29. The molecule has 1 amide bonds. The number of carbonyl (C=O) groups is 1. The second-order valence-corrected chi connectivity index (χ2v) is 7.77. The Morgan fingerprint density at radius 3 is 2.34 bits per heavy atom. The van der Waals surface area contributed by atoms with Gasteiger partial charge in [0.1, 0.15) is 11.6 Å². The molecule has 0 aliphatic heterocycles. The van der Waals surface area contributed by atoms with Gasteiger partial charge in [-0.3, -0.25) is 4.79 Å². The first kappa shape index (κ1) is 23.0. The van der Waals surface area contributed by atoms with Crippen molar-refractivity contribution in [2.45, 2.75) is 45.4 Å². The van der Waals surface area contributed by atoms with E-state index in [4.69, 9.17) is 5.10 Å². The van der Waals surface area contributed by atoms with E-state index in [0.717, 1.165) is 35.3 Å². The number of rotatable bonds is 11.